The van der Waals surface area contributed by atoms with Gasteiger partial charge in [-0.15, -0.1) is 0 Å². The average Bonchev–Trinajstić information content (AvgIpc) is 3.60. The van der Waals surface area contributed by atoms with E-state index in [0.717, 1.165) is 33.5 Å². The number of amides is 1. The maximum Gasteiger partial charge on any atom is 0.301 e. The van der Waals surface area contributed by atoms with Gasteiger partial charge in [0.25, 0.3) is 5.78 Å². The number of aromatic nitrogens is 1. The maximum absolute atomic E-state index is 13.7. The molecular weight excluding hydrogens is 536 g/mol. The van der Waals surface area contributed by atoms with E-state index in [4.69, 9.17) is 14.5 Å². The van der Waals surface area contributed by atoms with Crippen molar-refractivity contribution in [3.63, 3.8) is 0 Å². The lowest BCUT2D eigenvalue weighted by atomic mass is 9.94. The van der Waals surface area contributed by atoms with Crippen molar-refractivity contribution in [2.45, 2.75) is 52.7 Å². The first-order valence-electron chi connectivity index (χ1n) is 13.9. The number of thiazole rings is 1. The van der Waals surface area contributed by atoms with E-state index in [1.807, 2.05) is 62.4 Å². The number of aliphatic hydroxyl groups excluding tert-OH is 1. The standard InChI is InChI=1S/C33H32N2O5S/c1-18(2)12-13-39-24-7-5-6-21(17-24)29-28(30(36)22-9-11-26-23(16-22)15-20(4)40-26)31(37)32(38)35(29)33-34-25-10-8-19(3)14-27(25)41-33/h5-11,14,16-18,20,29,36H,12-13,15H2,1-4H3. The summed E-state index contributed by atoms with van der Waals surface area (Å²) in [5, 5.41) is 12.0. The van der Waals surface area contributed by atoms with Gasteiger partial charge >= 0.3 is 5.91 Å². The van der Waals surface area contributed by atoms with Crippen molar-refractivity contribution < 1.29 is 24.2 Å². The molecule has 1 amide bonds. The molecule has 8 heteroatoms. The van der Waals surface area contributed by atoms with E-state index in [0.29, 0.717) is 41.0 Å². The molecule has 0 radical (unpaired) electrons. The summed E-state index contributed by atoms with van der Waals surface area (Å²) in [7, 11) is 0. The minimum Gasteiger partial charge on any atom is -0.507 e. The van der Waals surface area contributed by atoms with E-state index in [9.17, 15) is 14.7 Å². The van der Waals surface area contributed by atoms with Crippen LogP contribution in [-0.2, 0) is 16.0 Å². The highest BCUT2D eigenvalue weighted by Crippen LogP contribution is 2.45. The van der Waals surface area contributed by atoms with Crippen LogP contribution in [0, 0.1) is 12.8 Å². The highest BCUT2D eigenvalue weighted by molar-refractivity contribution is 7.22. The number of aryl methyl sites for hydroxylation is 1. The summed E-state index contributed by atoms with van der Waals surface area (Å²) < 4.78 is 12.8. The molecule has 4 aromatic rings. The number of hydrogen-bond acceptors (Lipinski definition) is 7. The zero-order valence-electron chi connectivity index (χ0n) is 23.5. The third kappa shape index (κ3) is 5.08. The van der Waals surface area contributed by atoms with Crippen LogP contribution < -0.4 is 14.4 Å². The molecule has 41 heavy (non-hydrogen) atoms. The smallest absolute Gasteiger partial charge is 0.301 e. The zero-order chi connectivity index (χ0) is 28.8. The number of carbonyl (C=O) groups excluding carboxylic acids is 2. The fourth-order valence-corrected chi connectivity index (χ4v) is 6.47. The van der Waals surface area contributed by atoms with Crippen molar-refractivity contribution in [3.05, 3.63) is 88.5 Å². The van der Waals surface area contributed by atoms with Gasteiger partial charge in [-0.1, -0.05) is 43.4 Å². The van der Waals surface area contributed by atoms with Gasteiger partial charge in [-0.05, 0) is 85.3 Å². The highest BCUT2D eigenvalue weighted by Gasteiger charge is 2.48. The van der Waals surface area contributed by atoms with E-state index in [1.165, 1.54) is 16.2 Å². The summed E-state index contributed by atoms with van der Waals surface area (Å²) in [4.78, 5) is 33.5. The average molecular weight is 569 g/mol. The first-order chi connectivity index (χ1) is 19.7. The number of ether oxygens (including phenoxy) is 2. The molecule has 3 aromatic carbocycles. The lowest BCUT2D eigenvalue weighted by Gasteiger charge is -2.23. The lowest BCUT2D eigenvalue weighted by molar-refractivity contribution is -0.132. The predicted molar refractivity (Wildman–Crippen MR) is 161 cm³/mol. The Morgan fingerprint density at radius 2 is 1.98 bits per heavy atom. The molecule has 1 fully saturated rings. The van der Waals surface area contributed by atoms with Gasteiger partial charge in [0.2, 0.25) is 0 Å². The highest BCUT2D eigenvalue weighted by atomic mass is 32.1. The number of aliphatic hydroxyl groups is 1. The molecule has 6 rings (SSSR count). The Hall–Kier alpha value is -4.17. The van der Waals surface area contributed by atoms with Crippen LogP contribution >= 0.6 is 11.3 Å². The fourth-order valence-electron chi connectivity index (χ4n) is 5.38. The SMILES string of the molecule is Cc1ccc2nc(N3C(=O)C(=O)C(=C(O)c4ccc5c(c4)CC(C)O5)C3c3cccc(OCCC(C)C)c3)sc2c1. The number of fused-ring (bicyclic) bond motifs is 2. The van der Waals surface area contributed by atoms with Crippen LogP contribution in [-0.4, -0.2) is 34.5 Å². The second-order valence-corrected chi connectivity index (χ2v) is 12.2. The number of ketones is 1. The lowest BCUT2D eigenvalue weighted by Crippen LogP contribution is -2.29. The number of rotatable bonds is 7. The molecular formula is C33H32N2O5S. The Morgan fingerprint density at radius 3 is 2.78 bits per heavy atom. The molecule has 2 unspecified atom stereocenters. The molecule has 0 spiro atoms. The Balaban J connectivity index is 1.48. The summed E-state index contributed by atoms with van der Waals surface area (Å²) in [6.45, 7) is 8.81. The quantitative estimate of drug-likeness (QED) is 0.147. The molecule has 7 nitrogen and oxygen atoms in total. The Labute approximate surface area is 243 Å². The van der Waals surface area contributed by atoms with Crippen LogP contribution in [0.2, 0.25) is 0 Å². The largest absolute Gasteiger partial charge is 0.507 e. The molecule has 210 valence electrons. The van der Waals surface area contributed by atoms with Gasteiger partial charge in [0, 0.05) is 12.0 Å². The van der Waals surface area contributed by atoms with E-state index in [2.05, 4.69) is 13.8 Å². The molecule has 3 heterocycles. The van der Waals surface area contributed by atoms with Gasteiger partial charge in [-0.3, -0.25) is 14.5 Å². The van der Waals surface area contributed by atoms with Crippen LogP contribution in [0.4, 0.5) is 5.13 Å². The molecule has 0 bridgehead atoms. The molecule has 0 saturated carbocycles. The van der Waals surface area contributed by atoms with E-state index < -0.39 is 17.7 Å². The van der Waals surface area contributed by atoms with Crippen LogP contribution in [0.3, 0.4) is 0 Å². The number of benzene rings is 3. The van der Waals surface area contributed by atoms with Crippen molar-refractivity contribution in [2.75, 3.05) is 11.5 Å². The summed E-state index contributed by atoms with van der Waals surface area (Å²) in [5.74, 6) is 0.199. The van der Waals surface area contributed by atoms with E-state index >= 15 is 0 Å². The van der Waals surface area contributed by atoms with Crippen molar-refractivity contribution in [2.24, 2.45) is 5.92 Å². The summed E-state index contributed by atoms with van der Waals surface area (Å²) in [6, 6.07) is 17.8. The number of anilines is 1. The van der Waals surface area contributed by atoms with Gasteiger partial charge in [-0.2, -0.15) is 0 Å². The number of nitrogens with zero attached hydrogens (tertiary/aromatic N) is 2. The van der Waals surface area contributed by atoms with Gasteiger partial charge in [0.15, 0.2) is 5.13 Å². The van der Waals surface area contributed by atoms with Crippen molar-refractivity contribution in [1.82, 2.24) is 4.98 Å². The van der Waals surface area contributed by atoms with Gasteiger partial charge in [0.05, 0.1) is 28.4 Å². The van der Waals surface area contributed by atoms with Gasteiger partial charge in [-0.25, -0.2) is 4.98 Å². The van der Waals surface area contributed by atoms with E-state index in [-0.39, 0.29) is 17.4 Å². The van der Waals surface area contributed by atoms with Gasteiger partial charge < -0.3 is 14.6 Å². The molecule has 0 aliphatic carbocycles. The number of Topliss-reactive ketones (excluding diaryl/α,β-unsaturated/α-hetero) is 1. The molecule has 1 aromatic heterocycles. The van der Waals surface area contributed by atoms with Crippen LogP contribution in [0.15, 0.2) is 66.2 Å². The maximum atomic E-state index is 13.7. The Kier molecular flexibility index (Phi) is 7.03. The first-order valence-corrected chi connectivity index (χ1v) is 14.7. The minimum atomic E-state index is -0.881. The second-order valence-electron chi connectivity index (χ2n) is 11.2. The molecule has 1 N–H and O–H groups in total. The predicted octanol–water partition coefficient (Wildman–Crippen LogP) is 6.98. The molecule has 2 aliphatic heterocycles. The van der Waals surface area contributed by atoms with Crippen LogP contribution in [0.5, 0.6) is 11.5 Å². The summed E-state index contributed by atoms with van der Waals surface area (Å²) >= 11 is 1.35. The van der Waals surface area contributed by atoms with Crippen LogP contribution in [0.1, 0.15) is 55.5 Å². The first kappa shape index (κ1) is 27.0. The third-order valence-corrected chi connectivity index (χ3v) is 8.51. The molecule has 1 saturated heterocycles. The Morgan fingerprint density at radius 1 is 1.15 bits per heavy atom. The monoisotopic (exact) mass is 568 g/mol. The topological polar surface area (TPSA) is 89.0 Å². The number of hydrogen-bond donors (Lipinski definition) is 1. The minimum absolute atomic E-state index is 0.0247. The van der Waals surface area contributed by atoms with Crippen molar-refractivity contribution in [3.8, 4) is 11.5 Å². The third-order valence-electron chi connectivity index (χ3n) is 7.49. The summed E-state index contributed by atoms with van der Waals surface area (Å²) in [6.07, 6.45) is 1.64. The summed E-state index contributed by atoms with van der Waals surface area (Å²) in [5.41, 5.74) is 3.92. The zero-order valence-corrected chi connectivity index (χ0v) is 24.3. The van der Waals surface area contributed by atoms with Crippen molar-refractivity contribution in [1.29, 1.82) is 0 Å². The Bertz CT molecular complexity index is 1710. The molecule has 2 atom stereocenters. The van der Waals surface area contributed by atoms with Crippen molar-refractivity contribution >= 4 is 44.1 Å². The van der Waals surface area contributed by atoms with Crippen LogP contribution in [0.25, 0.3) is 16.0 Å². The van der Waals surface area contributed by atoms with Gasteiger partial charge in [0.1, 0.15) is 23.4 Å². The van der Waals surface area contributed by atoms with E-state index in [1.54, 1.807) is 12.1 Å². The molecule has 2 aliphatic rings. The fraction of sp³-hybridized carbons (Fsp3) is 0.303. The normalized spacial score (nSPS) is 19.7. The number of carbonyl (C=O) groups is 2. The second kappa shape index (κ2) is 10.7.